The Balaban J connectivity index is 2.13. The molecule has 1 heteroatoms. The summed E-state index contributed by atoms with van der Waals surface area (Å²) in [6.45, 7) is 5.45. The summed E-state index contributed by atoms with van der Waals surface area (Å²) >= 11 is 0. The summed E-state index contributed by atoms with van der Waals surface area (Å²) in [6.07, 6.45) is 3.75. The molecule has 0 spiro atoms. The van der Waals surface area contributed by atoms with Crippen LogP contribution in [0.4, 0.5) is 0 Å². The third-order valence-electron chi connectivity index (χ3n) is 3.72. The van der Waals surface area contributed by atoms with Gasteiger partial charge in [0.2, 0.25) is 0 Å². The maximum Gasteiger partial charge on any atom is 0.0320 e. The van der Waals surface area contributed by atoms with Crippen LogP contribution >= 0.6 is 0 Å². The molecule has 20 heavy (non-hydrogen) atoms. The molecule has 1 N–H and O–H groups in total. The van der Waals surface area contributed by atoms with Gasteiger partial charge in [-0.05, 0) is 29.7 Å². The molecule has 2 aromatic rings. The SMILES string of the molecule is CCCCC(NCC)c1ccc(-c2ccccc2)cc1. The minimum absolute atomic E-state index is 0.491. The first-order valence-corrected chi connectivity index (χ1v) is 7.74. The second kappa shape index (κ2) is 7.86. The first kappa shape index (κ1) is 14.8. The largest absolute Gasteiger partial charge is 0.310 e. The Morgan fingerprint density at radius 3 is 2.10 bits per heavy atom. The number of hydrogen-bond acceptors (Lipinski definition) is 1. The van der Waals surface area contributed by atoms with Crippen LogP contribution in [0.3, 0.4) is 0 Å². The van der Waals surface area contributed by atoms with Crippen molar-refractivity contribution in [3.63, 3.8) is 0 Å². The predicted molar refractivity (Wildman–Crippen MR) is 87.8 cm³/mol. The van der Waals surface area contributed by atoms with E-state index in [4.69, 9.17) is 0 Å². The Hall–Kier alpha value is -1.60. The Morgan fingerprint density at radius 2 is 1.50 bits per heavy atom. The van der Waals surface area contributed by atoms with Crippen LogP contribution < -0.4 is 5.32 Å². The van der Waals surface area contributed by atoms with E-state index in [0.29, 0.717) is 6.04 Å². The van der Waals surface area contributed by atoms with Crippen molar-refractivity contribution in [3.8, 4) is 11.1 Å². The second-order valence-electron chi connectivity index (χ2n) is 5.24. The highest BCUT2D eigenvalue weighted by molar-refractivity contribution is 5.63. The topological polar surface area (TPSA) is 12.0 Å². The van der Waals surface area contributed by atoms with Gasteiger partial charge >= 0.3 is 0 Å². The van der Waals surface area contributed by atoms with Gasteiger partial charge in [0.15, 0.2) is 0 Å². The average molecular weight is 267 g/mol. The molecule has 0 aromatic heterocycles. The number of unbranched alkanes of at least 4 members (excludes halogenated alkanes) is 1. The van der Waals surface area contributed by atoms with Crippen molar-refractivity contribution < 1.29 is 0 Å². The van der Waals surface area contributed by atoms with Crippen molar-refractivity contribution in [2.24, 2.45) is 0 Å². The Morgan fingerprint density at radius 1 is 0.850 bits per heavy atom. The third kappa shape index (κ3) is 3.94. The summed E-state index contributed by atoms with van der Waals surface area (Å²) in [4.78, 5) is 0. The fraction of sp³-hybridized carbons (Fsp3) is 0.368. The Labute approximate surface area is 123 Å². The lowest BCUT2D eigenvalue weighted by molar-refractivity contribution is 0.495. The van der Waals surface area contributed by atoms with E-state index in [1.165, 1.54) is 36.0 Å². The fourth-order valence-corrected chi connectivity index (χ4v) is 2.58. The number of rotatable bonds is 7. The molecule has 106 valence electrons. The van der Waals surface area contributed by atoms with Crippen LogP contribution in [0, 0.1) is 0 Å². The van der Waals surface area contributed by atoms with E-state index in [1.807, 2.05) is 0 Å². The van der Waals surface area contributed by atoms with Gasteiger partial charge in [-0.15, -0.1) is 0 Å². The highest BCUT2D eigenvalue weighted by atomic mass is 14.9. The Bertz CT molecular complexity index is 487. The maximum absolute atomic E-state index is 3.59. The van der Waals surface area contributed by atoms with Gasteiger partial charge in [0, 0.05) is 6.04 Å². The summed E-state index contributed by atoms with van der Waals surface area (Å²) in [5.74, 6) is 0. The van der Waals surface area contributed by atoms with Gasteiger partial charge in [-0.3, -0.25) is 0 Å². The molecule has 1 unspecified atom stereocenters. The van der Waals surface area contributed by atoms with Crippen LogP contribution in [0.15, 0.2) is 54.6 Å². The van der Waals surface area contributed by atoms with Crippen LogP contribution in [0.5, 0.6) is 0 Å². The first-order chi connectivity index (χ1) is 9.85. The maximum atomic E-state index is 3.59. The predicted octanol–water partition coefficient (Wildman–Crippen LogP) is 5.19. The normalized spacial score (nSPS) is 12.3. The van der Waals surface area contributed by atoms with Crippen molar-refractivity contribution in [2.75, 3.05) is 6.54 Å². The van der Waals surface area contributed by atoms with Gasteiger partial charge in [-0.25, -0.2) is 0 Å². The van der Waals surface area contributed by atoms with E-state index < -0.39 is 0 Å². The molecule has 0 amide bonds. The van der Waals surface area contributed by atoms with Gasteiger partial charge < -0.3 is 5.32 Å². The molecule has 0 heterocycles. The van der Waals surface area contributed by atoms with E-state index in [1.54, 1.807) is 0 Å². The monoisotopic (exact) mass is 267 g/mol. The zero-order chi connectivity index (χ0) is 14.2. The van der Waals surface area contributed by atoms with Crippen LogP contribution in [-0.2, 0) is 0 Å². The van der Waals surface area contributed by atoms with Crippen molar-refractivity contribution in [3.05, 3.63) is 60.2 Å². The molecule has 0 aliphatic rings. The van der Waals surface area contributed by atoms with Crippen LogP contribution in [0.2, 0.25) is 0 Å². The standard InChI is InChI=1S/C19H25N/c1-3-5-11-19(20-4-2)18-14-12-17(13-15-18)16-9-7-6-8-10-16/h6-10,12-15,19-20H,3-5,11H2,1-2H3. The molecule has 2 rings (SSSR count). The highest BCUT2D eigenvalue weighted by Gasteiger charge is 2.09. The molecule has 0 bridgehead atoms. The van der Waals surface area contributed by atoms with Crippen molar-refractivity contribution >= 4 is 0 Å². The number of hydrogen-bond donors (Lipinski definition) is 1. The van der Waals surface area contributed by atoms with Gasteiger partial charge in [-0.1, -0.05) is 81.3 Å². The molecular formula is C19H25N. The molecule has 1 nitrogen and oxygen atoms in total. The van der Waals surface area contributed by atoms with Gasteiger partial charge in [0.1, 0.15) is 0 Å². The van der Waals surface area contributed by atoms with Gasteiger partial charge in [0.25, 0.3) is 0 Å². The molecule has 0 aliphatic heterocycles. The molecule has 2 aromatic carbocycles. The number of nitrogens with one attached hydrogen (secondary N) is 1. The molecular weight excluding hydrogens is 242 g/mol. The van der Waals surface area contributed by atoms with E-state index in [-0.39, 0.29) is 0 Å². The van der Waals surface area contributed by atoms with Crippen molar-refractivity contribution in [1.29, 1.82) is 0 Å². The smallest absolute Gasteiger partial charge is 0.0320 e. The lowest BCUT2D eigenvalue weighted by Gasteiger charge is -2.18. The minimum atomic E-state index is 0.491. The minimum Gasteiger partial charge on any atom is -0.310 e. The van der Waals surface area contributed by atoms with Crippen molar-refractivity contribution in [1.82, 2.24) is 5.32 Å². The fourth-order valence-electron chi connectivity index (χ4n) is 2.58. The molecule has 0 saturated heterocycles. The van der Waals surface area contributed by atoms with E-state index >= 15 is 0 Å². The summed E-state index contributed by atoms with van der Waals surface area (Å²) < 4.78 is 0. The molecule has 0 saturated carbocycles. The highest BCUT2D eigenvalue weighted by Crippen LogP contribution is 2.24. The van der Waals surface area contributed by atoms with Crippen LogP contribution in [0.1, 0.15) is 44.7 Å². The molecule has 1 atom stereocenters. The number of benzene rings is 2. The quantitative estimate of drug-likeness (QED) is 0.727. The molecule has 0 fully saturated rings. The van der Waals surface area contributed by atoms with Crippen LogP contribution in [-0.4, -0.2) is 6.54 Å². The average Bonchev–Trinajstić information content (AvgIpc) is 2.52. The van der Waals surface area contributed by atoms with Crippen molar-refractivity contribution in [2.45, 2.75) is 39.2 Å². The zero-order valence-corrected chi connectivity index (χ0v) is 12.6. The second-order valence-corrected chi connectivity index (χ2v) is 5.24. The molecule has 0 aliphatic carbocycles. The van der Waals surface area contributed by atoms with Crippen LogP contribution in [0.25, 0.3) is 11.1 Å². The third-order valence-corrected chi connectivity index (χ3v) is 3.72. The van der Waals surface area contributed by atoms with E-state index in [0.717, 1.165) is 6.54 Å². The van der Waals surface area contributed by atoms with E-state index in [9.17, 15) is 0 Å². The van der Waals surface area contributed by atoms with Gasteiger partial charge in [0.05, 0.1) is 0 Å². The Kier molecular flexibility index (Phi) is 5.82. The lowest BCUT2D eigenvalue weighted by atomic mass is 9.98. The lowest BCUT2D eigenvalue weighted by Crippen LogP contribution is -2.20. The summed E-state index contributed by atoms with van der Waals surface area (Å²) in [5.41, 5.74) is 3.98. The summed E-state index contributed by atoms with van der Waals surface area (Å²) in [7, 11) is 0. The summed E-state index contributed by atoms with van der Waals surface area (Å²) in [5, 5.41) is 3.59. The van der Waals surface area contributed by atoms with E-state index in [2.05, 4.69) is 73.8 Å². The first-order valence-electron chi connectivity index (χ1n) is 7.74. The van der Waals surface area contributed by atoms with Gasteiger partial charge in [-0.2, -0.15) is 0 Å². The molecule has 0 radical (unpaired) electrons. The zero-order valence-electron chi connectivity index (χ0n) is 12.6. The summed E-state index contributed by atoms with van der Waals surface area (Å²) in [6, 6.07) is 20.1.